The van der Waals surface area contributed by atoms with Gasteiger partial charge >= 0.3 is 0 Å². The Bertz CT molecular complexity index is 523. The van der Waals surface area contributed by atoms with E-state index in [1.54, 1.807) is 6.20 Å². The van der Waals surface area contributed by atoms with E-state index >= 15 is 0 Å². The van der Waals surface area contributed by atoms with Crippen LogP contribution in [0.1, 0.15) is 23.2 Å². The molecule has 1 aromatic heterocycles. The number of rotatable bonds is 5. The van der Waals surface area contributed by atoms with E-state index in [4.69, 9.17) is 12.2 Å². The molecule has 1 aromatic carbocycles. The van der Waals surface area contributed by atoms with Gasteiger partial charge in [-0.25, -0.2) is 4.98 Å². The van der Waals surface area contributed by atoms with Gasteiger partial charge in [-0.3, -0.25) is 4.79 Å². The van der Waals surface area contributed by atoms with Crippen molar-refractivity contribution in [2.45, 2.75) is 12.8 Å². The number of anilines is 1. The van der Waals surface area contributed by atoms with Crippen molar-refractivity contribution in [2.24, 2.45) is 0 Å². The largest absolute Gasteiger partial charge is 0.326 e. The maximum atomic E-state index is 11.9. The van der Waals surface area contributed by atoms with Crippen LogP contribution in [0.5, 0.6) is 0 Å². The van der Waals surface area contributed by atoms with Gasteiger partial charge in [-0.05, 0) is 0 Å². The third kappa shape index (κ3) is 3.72. The summed E-state index contributed by atoms with van der Waals surface area (Å²) in [5.41, 5.74) is 0.731. The molecule has 0 aliphatic carbocycles. The number of hydrogen-bond donors (Lipinski definition) is 1. The Hall–Kier alpha value is -1.59. The highest BCUT2D eigenvalue weighted by Crippen LogP contribution is 2.12. The van der Waals surface area contributed by atoms with Crippen molar-refractivity contribution in [1.29, 1.82) is 0 Å². The average Bonchev–Trinajstić information content (AvgIpc) is 2.90. The summed E-state index contributed by atoms with van der Waals surface area (Å²) in [6, 6.07) is 9.25. The third-order valence-corrected chi connectivity index (χ3v) is 3.35. The van der Waals surface area contributed by atoms with E-state index in [-0.39, 0.29) is 5.78 Å². The number of carbonyl (C=O) groups is 1. The van der Waals surface area contributed by atoms with Gasteiger partial charge in [0.2, 0.25) is 0 Å². The number of nitrogens with one attached hydrogen (secondary N) is 1. The van der Waals surface area contributed by atoms with Crippen molar-refractivity contribution in [1.82, 2.24) is 4.98 Å². The van der Waals surface area contributed by atoms with Crippen LogP contribution in [0.4, 0.5) is 5.13 Å². The molecule has 2 rings (SSSR count). The van der Waals surface area contributed by atoms with Crippen LogP contribution in [0.3, 0.4) is 0 Å². The molecule has 0 saturated carbocycles. The molecule has 92 valence electrons. The Kier molecular flexibility index (Phi) is 4.55. The van der Waals surface area contributed by atoms with E-state index in [0.29, 0.717) is 17.8 Å². The highest BCUT2D eigenvalue weighted by atomic mass is 32.1. The minimum atomic E-state index is 0.110. The van der Waals surface area contributed by atoms with Gasteiger partial charge < -0.3 is 5.32 Å². The van der Waals surface area contributed by atoms with Crippen LogP contribution in [-0.4, -0.2) is 15.8 Å². The summed E-state index contributed by atoms with van der Waals surface area (Å²) in [5.74, 6) is 0.110. The molecule has 18 heavy (non-hydrogen) atoms. The van der Waals surface area contributed by atoms with Gasteiger partial charge in [-0.2, -0.15) is 0 Å². The number of benzene rings is 1. The summed E-state index contributed by atoms with van der Waals surface area (Å²) in [6.45, 7) is 0. The molecule has 0 aliphatic rings. The van der Waals surface area contributed by atoms with E-state index in [1.165, 1.54) is 11.3 Å². The van der Waals surface area contributed by atoms with E-state index in [0.717, 1.165) is 10.7 Å². The molecular weight excluding hydrogens is 264 g/mol. The molecule has 1 N–H and O–H groups in total. The Balaban J connectivity index is 1.81. The lowest BCUT2D eigenvalue weighted by molar-refractivity contribution is 0.0985. The van der Waals surface area contributed by atoms with Gasteiger partial charge in [0.15, 0.2) is 10.9 Å². The molecular formula is C13H12N2OS2. The van der Waals surface area contributed by atoms with E-state index in [1.807, 2.05) is 35.7 Å². The highest BCUT2D eigenvalue weighted by molar-refractivity contribution is 7.80. The lowest BCUT2D eigenvalue weighted by atomic mass is 10.1. The molecule has 0 aliphatic heterocycles. The first kappa shape index (κ1) is 12.9. The number of carbonyl (C=O) groups excluding carboxylic acids is 1. The molecule has 0 fully saturated rings. The summed E-state index contributed by atoms with van der Waals surface area (Å²) in [7, 11) is 0. The van der Waals surface area contributed by atoms with Crippen molar-refractivity contribution in [3.63, 3.8) is 0 Å². The first-order valence-corrected chi connectivity index (χ1v) is 6.82. The van der Waals surface area contributed by atoms with Gasteiger partial charge in [0.1, 0.15) is 0 Å². The lowest BCUT2D eigenvalue weighted by Gasteiger charge is -2.04. The minimum Gasteiger partial charge on any atom is -0.326 e. The van der Waals surface area contributed by atoms with Gasteiger partial charge in [-0.1, -0.05) is 42.5 Å². The molecule has 0 bridgehead atoms. The first-order valence-electron chi connectivity index (χ1n) is 5.53. The van der Waals surface area contributed by atoms with Gasteiger partial charge in [0.25, 0.3) is 0 Å². The number of thiazole rings is 1. The van der Waals surface area contributed by atoms with Gasteiger partial charge in [0.05, 0.1) is 4.99 Å². The molecule has 3 nitrogen and oxygen atoms in total. The Morgan fingerprint density at radius 1 is 1.28 bits per heavy atom. The number of aromatic nitrogens is 1. The maximum Gasteiger partial charge on any atom is 0.187 e. The average molecular weight is 276 g/mol. The molecule has 0 atom stereocenters. The standard InChI is InChI=1S/C13H12N2OS2/c16-11(10-4-2-1-3-5-10)6-7-12(17)15-13-14-8-9-18-13/h1-5,8-9H,6-7H2,(H,14,15,17). The summed E-state index contributed by atoms with van der Waals surface area (Å²) in [4.78, 5) is 16.6. The predicted molar refractivity (Wildman–Crippen MR) is 78.3 cm³/mol. The summed E-state index contributed by atoms with van der Waals surface area (Å²) >= 11 is 6.66. The van der Waals surface area contributed by atoms with Crippen LogP contribution in [-0.2, 0) is 0 Å². The fourth-order valence-electron chi connectivity index (χ4n) is 1.46. The topological polar surface area (TPSA) is 42.0 Å². The molecule has 0 amide bonds. The second-order valence-electron chi connectivity index (χ2n) is 3.67. The van der Waals surface area contributed by atoms with Crippen molar-refractivity contribution >= 4 is 39.5 Å². The van der Waals surface area contributed by atoms with Crippen molar-refractivity contribution in [3.8, 4) is 0 Å². The van der Waals surface area contributed by atoms with Crippen molar-refractivity contribution in [3.05, 3.63) is 47.5 Å². The highest BCUT2D eigenvalue weighted by Gasteiger charge is 2.07. The van der Waals surface area contributed by atoms with Crippen LogP contribution >= 0.6 is 23.6 Å². The quantitative estimate of drug-likeness (QED) is 0.670. The van der Waals surface area contributed by atoms with Crippen molar-refractivity contribution < 1.29 is 4.79 Å². The van der Waals surface area contributed by atoms with Crippen LogP contribution in [0.2, 0.25) is 0 Å². The summed E-state index contributed by atoms with van der Waals surface area (Å²) in [5, 5.41) is 5.66. The van der Waals surface area contributed by atoms with Crippen LogP contribution in [0.15, 0.2) is 41.9 Å². The minimum absolute atomic E-state index is 0.110. The molecule has 0 spiro atoms. The fraction of sp³-hybridized carbons (Fsp3) is 0.154. The molecule has 2 aromatic rings. The SMILES string of the molecule is O=C(CCC(=S)Nc1nccs1)c1ccccc1. The Morgan fingerprint density at radius 2 is 2.06 bits per heavy atom. The third-order valence-electron chi connectivity index (χ3n) is 2.35. The van der Waals surface area contributed by atoms with E-state index in [9.17, 15) is 4.79 Å². The molecule has 0 unspecified atom stereocenters. The Labute approximate surface area is 115 Å². The zero-order valence-corrected chi connectivity index (χ0v) is 11.3. The van der Waals surface area contributed by atoms with Gasteiger partial charge in [-0.15, -0.1) is 11.3 Å². The molecule has 5 heteroatoms. The van der Waals surface area contributed by atoms with Gasteiger partial charge in [0, 0.05) is 30.0 Å². The lowest BCUT2D eigenvalue weighted by Crippen LogP contribution is -2.11. The van der Waals surface area contributed by atoms with Crippen molar-refractivity contribution in [2.75, 3.05) is 5.32 Å². The molecule has 0 radical (unpaired) electrons. The van der Waals surface area contributed by atoms with E-state index in [2.05, 4.69) is 10.3 Å². The monoisotopic (exact) mass is 276 g/mol. The normalized spacial score (nSPS) is 10.0. The predicted octanol–water partition coefficient (Wildman–Crippen LogP) is 3.55. The number of ketones is 1. The maximum absolute atomic E-state index is 11.9. The van der Waals surface area contributed by atoms with Crippen LogP contribution in [0.25, 0.3) is 0 Å². The Morgan fingerprint density at radius 3 is 2.72 bits per heavy atom. The summed E-state index contributed by atoms with van der Waals surface area (Å²) in [6.07, 6.45) is 2.68. The van der Waals surface area contributed by atoms with Crippen LogP contribution < -0.4 is 5.32 Å². The zero-order chi connectivity index (χ0) is 12.8. The fourth-order valence-corrected chi connectivity index (χ4v) is 2.28. The zero-order valence-electron chi connectivity index (χ0n) is 9.63. The molecule has 1 heterocycles. The second kappa shape index (κ2) is 6.37. The number of nitrogens with zero attached hydrogens (tertiary/aromatic N) is 1. The number of hydrogen-bond acceptors (Lipinski definition) is 4. The second-order valence-corrected chi connectivity index (χ2v) is 5.06. The van der Waals surface area contributed by atoms with E-state index < -0.39 is 0 Å². The number of Topliss-reactive ketones (excluding diaryl/α,β-unsaturated/α-hetero) is 1. The molecule has 0 saturated heterocycles. The summed E-state index contributed by atoms with van der Waals surface area (Å²) < 4.78 is 0. The number of thiocarbonyl (C=S) groups is 1. The smallest absolute Gasteiger partial charge is 0.187 e. The first-order chi connectivity index (χ1) is 8.75. The van der Waals surface area contributed by atoms with Crippen LogP contribution in [0, 0.1) is 0 Å².